The van der Waals surface area contributed by atoms with Crippen LogP contribution in [0.4, 0.5) is 11.4 Å². The summed E-state index contributed by atoms with van der Waals surface area (Å²) in [7, 11) is -6.37. The number of anilines is 2. The van der Waals surface area contributed by atoms with Crippen molar-refractivity contribution in [3.8, 4) is 23.3 Å². The molecule has 0 aliphatic carbocycles. The van der Waals surface area contributed by atoms with Crippen LogP contribution < -0.4 is 19.7 Å². The first-order chi connectivity index (χ1) is 22.2. The molecule has 4 aromatic rings. The van der Waals surface area contributed by atoms with Crippen molar-refractivity contribution in [3.63, 3.8) is 0 Å². The summed E-state index contributed by atoms with van der Waals surface area (Å²) in [6.45, 7) is 1.09. The number of sulfone groups is 2. The molecule has 10 nitrogen and oxygen atoms in total. The zero-order valence-corrected chi connectivity index (χ0v) is 28.4. The van der Waals surface area contributed by atoms with Crippen molar-refractivity contribution in [2.45, 2.75) is 22.6 Å². The van der Waals surface area contributed by atoms with Gasteiger partial charge >= 0.3 is 0 Å². The number of nitrogens with zero attached hydrogens (tertiary/aromatic N) is 2. The second-order valence-corrected chi connectivity index (χ2v) is 15.8. The summed E-state index contributed by atoms with van der Waals surface area (Å²) in [5.41, 5.74) is 3.98. The molecule has 0 unspecified atom stereocenters. The van der Waals surface area contributed by atoms with Crippen molar-refractivity contribution in [1.29, 1.82) is 5.26 Å². The van der Waals surface area contributed by atoms with Gasteiger partial charge in [0.05, 0.1) is 21.4 Å². The molecule has 14 heteroatoms. The fourth-order valence-corrected chi connectivity index (χ4v) is 6.89. The van der Waals surface area contributed by atoms with Crippen LogP contribution in [0.1, 0.15) is 16.7 Å². The van der Waals surface area contributed by atoms with Crippen LogP contribution in [0.3, 0.4) is 0 Å². The molecule has 47 heavy (non-hydrogen) atoms. The third-order valence-electron chi connectivity index (χ3n) is 7.33. The minimum absolute atomic E-state index is 0.227. The standard InChI is InChI=1S/C24H18Cl2N2O5S.C9H11NO2S/c1-34(30,31)22-2-3-23-16(8-22)4-5-28(23)24(29)14-32-19-9-18(26)11-21(12-19)33-20-7-15(13-27)6-17(25)10-20;1-13(11,12)8-2-3-9-7(6-8)4-5-10-9/h2-3,6-12H,4-5,14H2,1H3;2-3,6,10H,4-5H2,1H3. The number of nitrogens with one attached hydrogen (secondary N) is 1. The summed E-state index contributed by atoms with van der Waals surface area (Å²) in [4.78, 5) is 15.0. The first kappa shape index (κ1) is 34.1. The number of nitriles is 1. The molecule has 244 valence electrons. The maximum Gasteiger partial charge on any atom is 0.264 e. The van der Waals surface area contributed by atoms with E-state index in [9.17, 15) is 21.6 Å². The van der Waals surface area contributed by atoms with E-state index < -0.39 is 19.7 Å². The lowest BCUT2D eigenvalue weighted by atomic mass is 10.2. The van der Waals surface area contributed by atoms with Gasteiger partial charge in [0, 0.05) is 53.1 Å². The third kappa shape index (κ3) is 8.55. The highest BCUT2D eigenvalue weighted by Crippen LogP contribution is 2.33. The molecule has 0 spiro atoms. The van der Waals surface area contributed by atoms with E-state index in [4.69, 9.17) is 37.9 Å². The van der Waals surface area contributed by atoms with Crippen molar-refractivity contribution < 1.29 is 31.1 Å². The minimum atomic E-state index is -3.32. The summed E-state index contributed by atoms with van der Waals surface area (Å²) >= 11 is 12.2. The predicted octanol–water partition coefficient (Wildman–Crippen LogP) is 6.09. The molecular formula is C33H29Cl2N3O7S2. The molecule has 0 aromatic heterocycles. The zero-order chi connectivity index (χ0) is 33.9. The van der Waals surface area contributed by atoms with Gasteiger partial charge < -0.3 is 19.7 Å². The lowest BCUT2D eigenvalue weighted by molar-refractivity contribution is -0.120. The molecule has 6 rings (SSSR count). The zero-order valence-electron chi connectivity index (χ0n) is 25.3. The fraction of sp³-hybridized carbons (Fsp3) is 0.212. The van der Waals surface area contributed by atoms with E-state index in [-0.39, 0.29) is 17.4 Å². The maximum atomic E-state index is 12.8. The number of carbonyl (C=O) groups excluding carboxylic acids is 1. The molecule has 0 radical (unpaired) electrons. The smallest absolute Gasteiger partial charge is 0.264 e. The van der Waals surface area contributed by atoms with Crippen molar-refractivity contribution in [3.05, 3.63) is 99.5 Å². The monoisotopic (exact) mass is 713 g/mol. The highest BCUT2D eigenvalue weighted by atomic mass is 35.5. The van der Waals surface area contributed by atoms with Gasteiger partial charge in [-0.2, -0.15) is 5.26 Å². The molecular weight excluding hydrogens is 685 g/mol. The van der Waals surface area contributed by atoms with Crippen molar-refractivity contribution in [1.82, 2.24) is 0 Å². The van der Waals surface area contributed by atoms with Crippen molar-refractivity contribution >= 4 is 60.2 Å². The average molecular weight is 715 g/mol. The van der Waals surface area contributed by atoms with E-state index in [0.717, 1.165) is 36.0 Å². The van der Waals surface area contributed by atoms with Crippen LogP contribution >= 0.6 is 23.2 Å². The van der Waals surface area contributed by atoms with Crippen molar-refractivity contribution in [2.24, 2.45) is 0 Å². The summed E-state index contributed by atoms with van der Waals surface area (Å²) in [6, 6.07) is 21.3. The number of benzene rings is 4. The van der Waals surface area contributed by atoms with E-state index in [1.807, 2.05) is 12.1 Å². The number of halogens is 2. The number of amides is 1. The Morgan fingerprint density at radius 1 is 0.830 bits per heavy atom. The summed E-state index contributed by atoms with van der Waals surface area (Å²) < 4.78 is 57.4. The Bertz CT molecular complexity index is 2130. The average Bonchev–Trinajstić information content (AvgIpc) is 3.65. The first-order valence-corrected chi connectivity index (χ1v) is 18.8. The first-order valence-electron chi connectivity index (χ1n) is 14.2. The normalized spacial score (nSPS) is 13.4. The molecule has 2 aliphatic heterocycles. The van der Waals surface area contributed by atoms with Crippen LogP contribution in [0.25, 0.3) is 0 Å². The summed E-state index contributed by atoms with van der Waals surface area (Å²) in [6.07, 6.45) is 3.86. The van der Waals surface area contributed by atoms with Gasteiger partial charge in [-0.05, 0) is 90.7 Å². The Hall–Kier alpha value is -4.28. The Balaban J connectivity index is 0.000000277. The fourth-order valence-electron chi connectivity index (χ4n) is 5.10. The number of carbonyl (C=O) groups is 1. The quantitative estimate of drug-likeness (QED) is 0.241. The molecule has 1 amide bonds. The van der Waals surface area contributed by atoms with Gasteiger partial charge in [0.1, 0.15) is 17.2 Å². The van der Waals surface area contributed by atoms with Gasteiger partial charge in [-0.1, -0.05) is 23.2 Å². The van der Waals surface area contributed by atoms with Crippen LogP contribution in [0.15, 0.2) is 82.6 Å². The largest absolute Gasteiger partial charge is 0.484 e. The molecule has 1 N–H and O–H groups in total. The van der Waals surface area contributed by atoms with Crippen molar-refractivity contribution in [2.75, 3.05) is 42.4 Å². The number of fused-ring (bicyclic) bond motifs is 2. The third-order valence-corrected chi connectivity index (χ3v) is 9.99. The lowest BCUT2D eigenvalue weighted by Crippen LogP contribution is -2.33. The second kappa shape index (κ2) is 13.8. The molecule has 0 atom stereocenters. The second-order valence-electron chi connectivity index (χ2n) is 10.9. The SMILES string of the molecule is CS(=O)(=O)c1ccc2c(c1)CCN2.CS(=O)(=O)c1ccc2c(c1)CCN2C(=O)COc1cc(Cl)cc(Oc2cc(Cl)cc(C#N)c2)c1. The van der Waals surface area contributed by atoms with Crippen LogP contribution in [-0.4, -0.2) is 55.0 Å². The molecule has 0 saturated carbocycles. The highest BCUT2D eigenvalue weighted by molar-refractivity contribution is 7.91. The summed E-state index contributed by atoms with van der Waals surface area (Å²) in [5.74, 6) is 0.753. The maximum absolute atomic E-state index is 12.8. The van der Waals surface area contributed by atoms with Gasteiger partial charge in [0.25, 0.3) is 5.91 Å². The molecule has 0 saturated heterocycles. The van der Waals surface area contributed by atoms with Gasteiger partial charge in [0.15, 0.2) is 26.3 Å². The lowest BCUT2D eigenvalue weighted by Gasteiger charge is -2.18. The minimum Gasteiger partial charge on any atom is -0.484 e. The molecule has 4 aromatic carbocycles. The van der Waals surface area contributed by atoms with Crippen LogP contribution in [0.2, 0.25) is 10.0 Å². The van der Waals surface area contributed by atoms with E-state index in [1.54, 1.807) is 53.4 Å². The van der Waals surface area contributed by atoms with Crippen LogP contribution in [0, 0.1) is 11.3 Å². The van der Waals surface area contributed by atoms with Gasteiger partial charge in [-0.3, -0.25) is 4.79 Å². The van der Waals surface area contributed by atoms with E-state index in [0.29, 0.717) is 56.4 Å². The Morgan fingerprint density at radius 2 is 1.45 bits per heavy atom. The number of hydrogen-bond acceptors (Lipinski definition) is 9. The molecule has 2 heterocycles. The van der Waals surface area contributed by atoms with Gasteiger partial charge in [-0.15, -0.1) is 0 Å². The van der Waals surface area contributed by atoms with E-state index >= 15 is 0 Å². The Kier molecular flexibility index (Phi) is 10.0. The number of ether oxygens (including phenoxy) is 2. The number of hydrogen-bond donors (Lipinski definition) is 1. The number of rotatable bonds is 7. The van der Waals surface area contributed by atoms with Crippen LogP contribution in [0.5, 0.6) is 17.2 Å². The highest BCUT2D eigenvalue weighted by Gasteiger charge is 2.26. The van der Waals surface area contributed by atoms with Gasteiger partial charge in [-0.25, -0.2) is 16.8 Å². The molecule has 0 fully saturated rings. The molecule has 0 bridgehead atoms. The topological polar surface area (TPSA) is 143 Å². The molecule has 2 aliphatic rings. The van der Waals surface area contributed by atoms with Crippen LogP contribution in [-0.2, 0) is 37.3 Å². The van der Waals surface area contributed by atoms with E-state index in [1.165, 1.54) is 24.5 Å². The summed E-state index contributed by atoms with van der Waals surface area (Å²) in [5, 5.41) is 13.0. The van der Waals surface area contributed by atoms with Gasteiger partial charge in [0.2, 0.25) is 0 Å². The van der Waals surface area contributed by atoms with E-state index in [2.05, 4.69) is 5.32 Å². The Labute approximate surface area is 283 Å². The Morgan fingerprint density at radius 3 is 2.13 bits per heavy atom. The predicted molar refractivity (Wildman–Crippen MR) is 181 cm³/mol.